The number of nitrogens with zero attached hydrogens (tertiary/aromatic N) is 1. The van der Waals surface area contributed by atoms with Gasteiger partial charge in [-0.1, -0.05) is 18.2 Å². The summed E-state index contributed by atoms with van der Waals surface area (Å²) in [6.45, 7) is 1.37. The van der Waals surface area contributed by atoms with Crippen LogP contribution in [-0.2, 0) is 14.8 Å². The monoisotopic (exact) mass is 311 g/mol. The van der Waals surface area contributed by atoms with E-state index in [1.54, 1.807) is 23.1 Å². The fourth-order valence-electron chi connectivity index (χ4n) is 2.37. The van der Waals surface area contributed by atoms with Crippen LogP contribution in [0.5, 0.6) is 0 Å². The predicted molar refractivity (Wildman–Crippen MR) is 80.0 cm³/mol. The Morgan fingerprint density at radius 2 is 2.05 bits per heavy atom. The molecule has 0 saturated carbocycles. The van der Waals surface area contributed by atoms with Crippen molar-refractivity contribution in [2.75, 3.05) is 19.6 Å². The summed E-state index contributed by atoms with van der Waals surface area (Å²) in [5, 5.41) is 0. The highest BCUT2D eigenvalue weighted by atomic mass is 32.2. The molecule has 0 radical (unpaired) electrons. The lowest BCUT2D eigenvalue weighted by molar-refractivity contribution is -0.132. The van der Waals surface area contributed by atoms with Crippen molar-refractivity contribution in [2.24, 2.45) is 5.73 Å². The fourth-order valence-corrected chi connectivity index (χ4v) is 3.42. The third-order valence-corrected chi connectivity index (χ3v) is 4.97. The Morgan fingerprint density at radius 3 is 2.71 bits per heavy atom. The highest BCUT2D eigenvalue weighted by molar-refractivity contribution is 7.89. The molecule has 0 aliphatic carbocycles. The second-order valence-electron chi connectivity index (χ2n) is 5.20. The van der Waals surface area contributed by atoms with E-state index in [0.717, 1.165) is 12.8 Å². The molecule has 0 aromatic heterocycles. The van der Waals surface area contributed by atoms with Crippen LogP contribution in [0.3, 0.4) is 0 Å². The molecule has 1 heterocycles. The molecule has 7 heteroatoms. The lowest BCUT2D eigenvalue weighted by atomic mass is 10.1. The molecule has 0 bridgehead atoms. The Hall–Kier alpha value is -1.44. The quantitative estimate of drug-likeness (QED) is 0.818. The van der Waals surface area contributed by atoms with E-state index in [1.807, 2.05) is 0 Å². The molecule has 2 rings (SSSR count). The zero-order valence-electron chi connectivity index (χ0n) is 11.9. The van der Waals surface area contributed by atoms with Crippen LogP contribution in [0.25, 0.3) is 0 Å². The van der Waals surface area contributed by atoms with Gasteiger partial charge in [0.25, 0.3) is 0 Å². The standard InChI is InChI=1S/C14H21N3O3S/c15-12-5-4-10-17(11-12)14(18)8-9-16-21(19,20)13-6-2-1-3-7-13/h1-3,6-7,12,16H,4-5,8-11,15H2. The fraction of sp³-hybridized carbons (Fsp3) is 0.500. The van der Waals surface area contributed by atoms with Gasteiger partial charge in [0.15, 0.2) is 0 Å². The minimum atomic E-state index is -3.54. The zero-order chi connectivity index (χ0) is 15.3. The first-order valence-corrected chi connectivity index (χ1v) is 8.55. The van der Waals surface area contributed by atoms with E-state index in [1.165, 1.54) is 12.1 Å². The number of sulfonamides is 1. The van der Waals surface area contributed by atoms with Crippen LogP contribution in [0.15, 0.2) is 35.2 Å². The van der Waals surface area contributed by atoms with E-state index in [2.05, 4.69) is 4.72 Å². The number of hydrogen-bond donors (Lipinski definition) is 2. The van der Waals surface area contributed by atoms with Crippen LogP contribution in [0.1, 0.15) is 19.3 Å². The summed E-state index contributed by atoms with van der Waals surface area (Å²) in [4.78, 5) is 13.9. The van der Waals surface area contributed by atoms with Crippen molar-refractivity contribution >= 4 is 15.9 Å². The Bertz CT molecular complexity index is 574. The summed E-state index contributed by atoms with van der Waals surface area (Å²) in [6.07, 6.45) is 1.99. The molecule has 1 aliphatic rings. The van der Waals surface area contributed by atoms with Gasteiger partial charge in [0.05, 0.1) is 4.90 Å². The second kappa shape index (κ2) is 7.02. The third-order valence-electron chi connectivity index (χ3n) is 3.50. The largest absolute Gasteiger partial charge is 0.341 e. The molecule has 1 amide bonds. The summed E-state index contributed by atoms with van der Waals surface area (Å²) >= 11 is 0. The average molecular weight is 311 g/mol. The molecule has 3 N–H and O–H groups in total. The van der Waals surface area contributed by atoms with Gasteiger partial charge in [0.1, 0.15) is 0 Å². The Morgan fingerprint density at radius 1 is 1.33 bits per heavy atom. The molecule has 21 heavy (non-hydrogen) atoms. The number of rotatable bonds is 5. The maximum absolute atomic E-state index is 12.0. The number of nitrogens with one attached hydrogen (secondary N) is 1. The Balaban J connectivity index is 1.82. The minimum absolute atomic E-state index is 0.0312. The Labute approximate surface area is 125 Å². The van der Waals surface area contributed by atoms with E-state index in [4.69, 9.17) is 5.73 Å². The lowest BCUT2D eigenvalue weighted by Gasteiger charge is -2.30. The third kappa shape index (κ3) is 4.52. The lowest BCUT2D eigenvalue weighted by Crippen LogP contribution is -2.46. The van der Waals surface area contributed by atoms with E-state index in [9.17, 15) is 13.2 Å². The highest BCUT2D eigenvalue weighted by Gasteiger charge is 2.21. The first-order chi connectivity index (χ1) is 9.99. The molecule has 6 nitrogen and oxygen atoms in total. The van der Waals surface area contributed by atoms with Gasteiger partial charge < -0.3 is 10.6 Å². The molecule has 1 aromatic rings. The molecule has 1 atom stereocenters. The van der Waals surface area contributed by atoms with Crippen molar-refractivity contribution < 1.29 is 13.2 Å². The van der Waals surface area contributed by atoms with Crippen LogP contribution in [0, 0.1) is 0 Å². The molecule has 1 aromatic carbocycles. The molecular formula is C14H21N3O3S. The summed E-state index contributed by atoms with van der Waals surface area (Å²) in [5.41, 5.74) is 5.83. The average Bonchev–Trinajstić information content (AvgIpc) is 2.48. The molecule has 1 unspecified atom stereocenters. The van der Waals surface area contributed by atoms with Gasteiger partial charge in [0.2, 0.25) is 15.9 Å². The van der Waals surface area contributed by atoms with E-state index in [0.29, 0.717) is 13.1 Å². The molecule has 0 spiro atoms. The van der Waals surface area contributed by atoms with Gasteiger partial charge in [-0.15, -0.1) is 0 Å². The summed E-state index contributed by atoms with van der Waals surface area (Å²) in [5.74, 6) is -0.0547. The molecule has 1 fully saturated rings. The van der Waals surface area contributed by atoms with Gasteiger partial charge in [-0.2, -0.15) is 0 Å². The summed E-state index contributed by atoms with van der Waals surface area (Å²) in [7, 11) is -3.54. The maximum Gasteiger partial charge on any atom is 0.240 e. The van der Waals surface area contributed by atoms with Gasteiger partial charge in [-0.25, -0.2) is 13.1 Å². The second-order valence-corrected chi connectivity index (χ2v) is 6.97. The molecule has 116 valence electrons. The predicted octanol–water partition coefficient (Wildman–Crippen LogP) is 0.305. The first-order valence-electron chi connectivity index (χ1n) is 7.07. The van der Waals surface area contributed by atoms with Crippen molar-refractivity contribution in [3.05, 3.63) is 30.3 Å². The van der Waals surface area contributed by atoms with Gasteiger partial charge in [-0.3, -0.25) is 4.79 Å². The number of hydrogen-bond acceptors (Lipinski definition) is 4. The van der Waals surface area contributed by atoms with Gasteiger partial charge in [0, 0.05) is 32.1 Å². The van der Waals surface area contributed by atoms with Gasteiger partial charge in [-0.05, 0) is 25.0 Å². The van der Waals surface area contributed by atoms with Crippen molar-refractivity contribution in [3.8, 4) is 0 Å². The number of piperidine rings is 1. The first kappa shape index (κ1) is 15.9. The SMILES string of the molecule is NC1CCCN(C(=O)CCNS(=O)(=O)c2ccccc2)C1. The van der Waals surface area contributed by atoms with E-state index < -0.39 is 10.0 Å². The van der Waals surface area contributed by atoms with Crippen LogP contribution in [0.2, 0.25) is 0 Å². The topological polar surface area (TPSA) is 92.5 Å². The minimum Gasteiger partial charge on any atom is -0.341 e. The summed E-state index contributed by atoms with van der Waals surface area (Å²) < 4.78 is 26.4. The normalized spacial score (nSPS) is 19.5. The molecular weight excluding hydrogens is 290 g/mol. The number of likely N-dealkylation sites (tertiary alicyclic amines) is 1. The number of nitrogens with two attached hydrogens (primary N) is 1. The van der Waals surface area contributed by atoms with Crippen molar-refractivity contribution in [3.63, 3.8) is 0 Å². The van der Waals surface area contributed by atoms with E-state index in [-0.39, 0.29) is 29.8 Å². The van der Waals surface area contributed by atoms with E-state index >= 15 is 0 Å². The maximum atomic E-state index is 12.0. The highest BCUT2D eigenvalue weighted by Crippen LogP contribution is 2.10. The van der Waals surface area contributed by atoms with Crippen LogP contribution in [0.4, 0.5) is 0 Å². The van der Waals surface area contributed by atoms with Crippen LogP contribution in [-0.4, -0.2) is 44.9 Å². The van der Waals surface area contributed by atoms with Crippen LogP contribution < -0.4 is 10.5 Å². The molecule has 1 saturated heterocycles. The number of amides is 1. The Kier molecular flexibility index (Phi) is 5.33. The summed E-state index contributed by atoms with van der Waals surface area (Å²) in [6, 6.07) is 8.15. The smallest absolute Gasteiger partial charge is 0.240 e. The number of benzene rings is 1. The van der Waals surface area contributed by atoms with Crippen molar-refractivity contribution in [1.82, 2.24) is 9.62 Å². The van der Waals surface area contributed by atoms with Crippen molar-refractivity contribution in [2.45, 2.75) is 30.2 Å². The van der Waals surface area contributed by atoms with Gasteiger partial charge >= 0.3 is 0 Å². The van der Waals surface area contributed by atoms with Crippen LogP contribution >= 0.6 is 0 Å². The molecule has 1 aliphatic heterocycles. The number of carbonyl (C=O) groups excluding carboxylic acids is 1. The zero-order valence-corrected chi connectivity index (χ0v) is 12.7. The number of carbonyl (C=O) groups is 1. The van der Waals surface area contributed by atoms with Crippen molar-refractivity contribution in [1.29, 1.82) is 0 Å².